The van der Waals surface area contributed by atoms with Crippen LogP contribution in [0.4, 0.5) is 17.1 Å². The lowest BCUT2D eigenvalue weighted by molar-refractivity contribution is -0.111. The van der Waals surface area contributed by atoms with E-state index in [1.54, 1.807) is 30.3 Å². The van der Waals surface area contributed by atoms with Crippen LogP contribution in [-0.2, 0) is 22.6 Å². The SMILES string of the molecule is CCOc1cc2nc(CC)c(C#N)c(Nc3ccc(OCc4ccc(C5CCOCC5)nc4)c(Cl)c3)c2cc1NC(=O)/C=C/CN(C)C. The molecule has 11 heteroatoms. The monoisotopic (exact) mass is 668 g/mol. The number of benzene rings is 2. The number of nitrogens with zero attached hydrogens (tertiary/aromatic N) is 4. The molecule has 0 radical (unpaired) electrons. The van der Waals surface area contributed by atoms with Gasteiger partial charge in [0.2, 0.25) is 5.91 Å². The zero-order valence-corrected chi connectivity index (χ0v) is 28.6. The van der Waals surface area contributed by atoms with Crippen molar-refractivity contribution in [2.45, 2.75) is 45.6 Å². The van der Waals surface area contributed by atoms with Gasteiger partial charge in [-0.1, -0.05) is 30.7 Å². The molecule has 1 aliphatic heterocycles. The third-order valence-electron chi connectivity index (χ3n) is 7.99. The summed E-state index contributed by atoms with van der Waals surface area (Å²) in [7, 11) is 3.86. The minimum atomic E-state index is -0.293. The first-order chi connectivity index (χ1) is 23.3. The number of anilines is 3. The molecule has 0 saturated carbocycles. The summed E-state index contributed by atoms with van der Waals surface area (Å²) in [5.41, 5.74) is 5.39. The number of fused-ring (bicyclic) bond motifs is 1. The fourth-order valence-corrected chi connectivity index (χ4v) is 5.76. The number of ether oxygens (including phenoxy) is 3. The zero-order chi connectivity index (χ0) is 34.0. The molecule has 0 spiro atoms. The van der Waals surface area contributed by atoms with E-state index in [0.29, 0.717) is 87.8 Å². The Morgan fingerprint density at radius 1 is 1.12 bits per heavy atom. The van der Waals surface area contributed by atoms with Crippen LogP contribution in [0.5, 0.6) is 11.5 Å². The number of nitrogens with one attached hydrogen (secondary N) is 2. The lowest BCUT2D eigenvalue weighted by Crippen LogP contribution is -2.15. The molecule has 1 saturated heterocycles. The predicted octanol–water partition coefficient (Wildman–Crippen LogP) is 7.39. The van der Waals surface area contributed by atoms with E-state index in [1.807, 2.05) is 51.2 Å². The number of carbonyl (C=O) groups excluding carboxylic acids is 1. The summed E-state index contributed by atoms with van der Waals surface area (Å²) in [5.74, 6) is 1.16. The van der Waals surface area contributed by atoms with E-state index in [2.05, 4.69) is 27.8 Å². The second kappa shape index (κ2) is 16.4. The topological polar surface area (TPSA) is 122 Å². The molecule has 1 fully saturated rings. The van der Waals surface area contributed by atoms with E-state index in [1.165, 1.54) is 6.08 Å². The van der Waals surface area contributed by atoms with Crippen LogP contribution < -0.4 is 20.1 Å². The molecule has 4 aromatic rings. The summed E-state index contributed by atoms with van der Waals surface area (Å²) in [5, 5.41) is 17.6. The van der Waals surface area contributed by atoms with E-state index in [4.69, 9.17) is 30.8 Å². The number of likely N-dealkylation sites (N-methyl/N-ethyl adjacent to an activating group) is 1. The minimum absolute atomic E-state index is 0.293. The number of amides is 1. The quantitative estimate of drug-likeness (QED) is 0.140. The van der Waals surface area contributed by atoms with E-state index >= 15 is 0 Å². The summed E-state index contributed by atoms with van der Waals surface area (Å²) >= 11 is 6.69. The Kier molecular flexibility index (Phi) is 11.9. The Morgan fingerprint density at radius 3 is 2.60 bits per heavy atom. The summed E-state index contributed by atoms with van der Waals surface area (Å²) < 4.78 is 17.4. The summed E-state index contributed by atoms with van der Waals surface area (Å²) in [6.45, 7) is 6.73. The van der Waals surface area contributed by atoms with Crippen molar-refractivity contribution in [3.8, 4) is 17.6 Å². The first kappa shape index (κ1) is 34.6. The molecule has 2 aromatic heterocycles. The maximum absolute atomic E-state index is 12.8. The smallest absolute Gasteiger partial charge is 0.248 e. The van der Waals surface area contributed by atoms with Gasteiger partial charge in [0.25, 0.3) is 0 Å². The molecular weight excluding hydrogens is 628 g/mol. The van der Waals surface area contributed by atoms with Crippen LogP contribution in [0.1, 0.15) is 55.1 Å². The molecule has 2 N–H and O–H groups in total. The molecule has 3 heterocycles. The van der Waals surface area contributed by atoms with Gasteiger partial charge in [-0.3, -0.25) is 14.8 Å². The molecule has 0 bridgehead atoms. The minimum Gasteiger partial charge on any atom is -0.492 e. The van der Waals surface area contributed by atoms with Gasteiger partial charge in [0.15, 0.2) is 0 Å². The number of hydrogen-bond acceptors (Lipinski definition) is 9. The largest absolute Gasteiger partial charge is 0.492 e. The van der Waals surface area contributed by atoms with E-state index in [-0.39, 0.29) is 5.91 Å². The molecule has 2 aromatic carbocycles. The fourth-order valence-electron chi connectivity index (χ4n) is 5.52. The standard InChI is InChI=1S/C37H41ClN6O4/c1-5-30-28(21-39)37(27-19-33(35(47-6-2)20-32(27)42-30)43-36(45)8-7-15-44(3)4)41-26-10-12-34(29(38)18-26)48-23-24-9-11-31(40-22-24)25-13-16-46-17-14-25/h7-12,18-20,22,25H,5-6,13-17,23H2,1-4H3,(H,41,42)(H,43,45)/b8-7+. The van der Waals surface area contributed by atoms with Crippen molar-refractivity contribution in [2.24, 2.45) is 0 Å². The van der Waals surface area contributed by atoms with Crippen LogP contribution >= 0.6 is 11.6 Å². The molecule has 5 rings (SSSR count). The van der Waals surface area contributed by atoms with E-state index in [9.17, 15) is 10.1 Å². The van der Waals surface area contributed by atoms with Crippen molar-refractivity contribution in [3.63, 3.8) is 0 Å². The van der Waals surface area contributed by atoms with Crippen LogP contribution in [0.25, 0.3) is 10.9 Å². The molecule has 1 amide bonds. The normalized spacial score (nSPS) is 13.5. The van der Waals surface area contributed by atoms with Gasteiger partial charge in [-0.2, -0.15) is 5.26 Å². The van der Waals surface area contributed by atoms with Crippen LogP contribution in [0.2, 0.25) is 5.02 Å². The summed E-state index contributed by atoms with van der Waals surface area (Å²) in [4.78, 5) is 24.2. The number of aryl methyl sites for hydroxylation is 1. The third-order valence-corrected chi connectivity index (χ3v) is 8.28. The molecule has 0 aliphatic carbocycles. The molecule has 0 atom stereocenters. The molecule has 250 valence electrons. The third kappa shape index (κ3) is 8.61. The highest BCUT2D eigenvalue weighted by molar-refractivity contribution is 6.32. The van der Waals surface area contributed by atoms with Crippen molar-refractivity contribution < 1.29 is 19.0 Å². The average molecular weight is 669 g/mol. The van der Waals surface area contributed by atoms with Crippen LogP contribution in [0, 0.1) is 11.3 Å². The van der Waals surface area contributed by atoms with E-state index < -0.39 is 0 Å². The molecule has 10 nitrogen and oxygen atoms in total. The van der Waals surface area contributed by atoms with Gasteiger partial charge in [0.05, 0.1) is 39.8 Å². The van der Waals surface area contributed by atoms with Crippen molar-refractivity contribution in [1.29, 1.82) is 5.26 Å². The second-order valence-electron chi connectivity index (χ2n) is 11.8. The Balaban J connectivity index is 1.39. The van der Waals surface area contributed by atoms with Gasteiger partial charge in [0.1, 0.15) is 24.2 Å². The number of carbonyl (C=O) groups is 1. The van der Waals surface area contributed by atoms with Gasteiger partial charge in [0, 0.05) is 66.3 Å². The van der Waals surface area contributed by atoms with Crippen molar-refractivity contribution in [3.05, 3.63) is 88.4 Å². The van der Waals surface area contributed by atoms with Crippen molar-refractivity contribution in [2.75, 3.05) is 51.1 Å². The maximum atomic E-state index is 12.8. The lowest BCUT2D eigenvalue weighted by Gasteiger charge is -2.21. The number of hydrogen-bond donors (Lipinski definition) is 2. The second-order valence-corrected chi connectivity index (χ2v) is 12.2. The first-order valence-electron chi connectivity index (χ1n) is 16.2. The van der Waals surface area contributed by atoms with Crippen molar-refractivity contribution >= 4 is 45.5 Å². The summed E-state index contributed by atoms with van der Waals surface area (Å²) in [6, 6.07) is 15.4. The highest BCUT2D eigenvalue weighted by atomic mass is 35.5. The first-order valence-corrected chi connectivity index (χ1v) is 16.5. The van der Waals surface area contributed by atoms with Gasteiger partial charge < -0.3 is 29.7 Å². The predicted molar refractivity (Wildman–Crippen MR) is 189 cm³/mol. The fraction of sp³-hybridized carbons (Fsp3) is 0.351. The number of aromatic nitrogens is 2. The number of nitriles is 1. The maximum Gasteiger partial charge on any atom is 0.248 e. The average Bonchev–Trinajstić information content (AvgIpc) is 3.08. The lowest BCUT2D eigenvalue weighted by atomic mass is 9.96. The van der Waals surface area contributed by atoms with Gasteiger partial charge in [-0.15, -0.1) is 0 Å². The highest BCUT2D eigenvalue weighted by Gasteiger charge is 2.20. The van der Waals surface area contributed by atoms with E-state index in [0.717, 1.165) is 37.3 Å². The Hall–Kier alpha value is -4.69. The molecule has 1 aliphatic rings. The Bertz CT molecular complexity index is 1810. The highest BCUT2D eigenvalue weighted by Crippen LogP contribution is 2.39. The number of pyridine rings is 2. The number of rotatable bonds is 13. The molecular formula is C37H41ClN6O4. The van der Waals surface area contributed by atoms with Gasteiger partial charge >= 0.3 is 0 Å². The number of halogens is 1. The van der Waals surface area contributed by atoms with Crippen molar-refractivity contribution in [1.82, 2.24) is 14.9 Å². The molecule has 0 unspecified atom stereocenters. The van der Waals surface area contributed by atoms with Crippen LogP contribution in [0.15, 0.2) is 60.8 Å². The summed E-state index contributed by atoms with van der Waals surface area (Å²) in [6.07, 6.45) is 7.65. The van der Waals surface area contributed by atoms with Gasteiger partial charge in [-0.05, 0) is 70.6 Å². The Labute approximate surface area is 286 Å². The van der Waals surface area contributed by atoms with Crippen LogP contribution in [-0.4, -0.2) is 61.2 Å². The molecule has 48 heavy (non-hydrogen) atoms. The van der Waals surface area contributed by atoms with Gasteiger partial charge in [-0.25, -0.2) is 0 Å². The zero-order valence-electron chi connectivity index (χ0n) is 27.8. The van der Waals surface area contributed by atoms with Crippen LogP contribution in [0.3, 0.4) is 0 Å². The Morgan fingerprint density at radius 2 is 1.94 bits per heavy atom.